The SMILES string of the molecule is CNC(=O)[C@@H](NC(=O)CN(C)C=O)C(C)C. The van der Waals surface area contributed by atoms with E-state index < -0.39 is 6.04 Å². The lowest BCUT2D eigenvalue weighted by molar-refractivity contribution is -0.131. The van der Waals surface area contributed by atoms with Gasteiger partial charge in [-0.3, -0.25) is 14.4 Å². The van der Waals surface area contributed by atoms with Gasteiger partial charge in [0.15, 0.2) is 0 Å². The predicted octanol–water partition coefficient (Wildman–Crippen LogP) is -1.04. The molecule has 0 aromatic rings. The molecule has 92 valence electrons. The summed E-state index contributed by atoms with van der Waals surface area (Å²) in [6, 6.07) is -0.572. The van der Waals surface area contributed by atoms with Crippen molar-refractivity contribution < 1.29 is 14.4 Å². The third-order valence-corrected chi connectivity index (χ3v) is 2.08. The summed E-state index contributed by atoms with van der Waals surface area (Å²) >= 11 is 0. The van der Waals surface area contributed by atoms with Crippen LogP contribution in [0.5, 0.6) is 0 Å². The maximum absolute atomic E-state index is 11.5. The molecule has 0 heterocycles. The number of carbonyl (C=O) groups is 3. The van der Waals surface area contributed by atoms with Crippen LogP contribution in [-0.4, -0.2) is 49.8 Å². The van der Waals surface area contributed by atoms with E-state index in [4.69, 9.17) is 0 Å². The summed E-state index contributed by atoms with van der Waals surface area (Å²) in [6.07, 6.45) is 0.559. The number of nitrogens with zero attached hydrogens (tertiary/aromatic N) is 1. The maximum Gasteiger partial charge on any atom is 0.242 e. The first-order valence-electron chi connectivity index (χ1n) is 5.08. The third-order valence-electron chi connectivity index (χ3n) is 2.08. The number of nitrogens with one attached hydrogen (secondary N) is 2. The van der Waals surface area contributed by atoms with Crippen molar-refractivity contribution in [2.75, 3.05) is 20.6 Å². The van der Waals surface area contributed by atoms with Crippen LogP contribution in [0.15, 0.2) is 0 Å². The van der Waals surface area contributed by atoms with Gasteiger partial charge in [-0.1, -0.05) is 13.8 Å². The zero-order valence-electron chi connectivity index (χ0n) is 10.1. The molecule has 0 radical (unpaired) electrons. The van der Waals surface area contributed by atoms with Crippen LogP contribution in [0, 0.1) is 5.92 Å². The van der Waals surface area contributed by atoms with Crippen LogP contribution in [0.3, 0.4) is 0 Å². The molecule has 6 heteroatoms. The van der Waals surface area contributed by atoms with Gasteiger partial charge in [0.1, 0.15) is 6.04 Å². The van der Waals surface area contributed by atoms with Crippen LogP contribution in [0.4, 0.5) is 0 Å². The van der Waals surface area contributed by atoms with Crippen LogP contribution in [0.1, 0.15) is 13.8 Å². The second kappa shape index (κ2) is 6.81. The van der Waals surface area contributed by atoms with E-state index in [1.54, 1.807) is 0 Å². The van der Waals surface area contributed by atoms with Crippen molar-refractivity contribution in [3.8, 4) is 0 Å². The molecule has 1 atom stereocenters. The second-order valence-corrected chi connectivity index (χ2v) is 3.92. The minimum atomic E-state index is -0.572. The van der Waals surface area contributed by atoms with Gasteiger partial charge in [-0.25, -0.2) is 0 Å². The number of rotatable bonds is 6. The molecule has 0 fully saturated rings. The fourth-order valence-corrected chi connectivity index (χ4v) is 1.17. The first kappa shape index (κ1) is 14.4. The first-order chi connectivity index (χ1) is 7.42. The Hall–Kier alpha value is -1.59. The Morgan fingerprint density at radius 1 is 1.38 bits per heavy atom. The topological polar surface area (TPSA) is 78.5 Å². The molecule has 0 saturated carbocycles. The third kappa shape index (κ3) is 4.77. The number of likely N-dealkylation sites (N-methyl/N-ethyl adjacent to an activating group) is 2. The Morgan fingerprint density at radius 3 is 2.31 bits per heavy atom. The van der Waals surface area contributed by atoms with Crippen LogP contribution < -0.4 is 10.6 Å². The summed E-state index contributed by atoms with van der Waals surface area (Å²) < 4.78 is 0. The van der Waals surface area contributed by atoms with Gasteiger partial charge < -0.3 is 15.5 Å². The summed E-state index contributed by atoms with van der Waals surface area (Å²) in [5, 5.41) is 5.06. The van der Waals surface area contributed by atoms with Crippen molar-refractivity contribution in [3.63, 3.8) is 0 Å². The summed E-state index contributed by atoms with van der Waals surface area (Å²) in [4.78, 5) is 34.4. The zero-order valence-corrected chi connectivity index (χ0v) is 10.1. The van der Waals surface area contributed by atoms with E-state index in [-0.39, 0.29) is 24.3 Å². The summed E-state index contributed by atoms with van der Waals surface area (Å²) in [5.74, 6) is -0.598. The highest BCUT2D eigenvalue weighted by molar-refractivity contribution is 5.88. The summed E-state index contributed by atoms with van der Waals surface area (Å²) in [6.45, 7) is 3.62. The molecule has 6 nitrogen and oxygen atoms in total. The molecular formula is C10H19N3O3. The molecule has 0 aliphatic rings. The molecule has 0 aromatic carbocycles. The molecule has 0 spiro atoms. The predicted molar refractivity (Wildman–Crippen MR) is 59.5 cm³/mol. The smallest absolute Gasteiger partial charge is 0.242 e. The lowest BCUT2D eigenvalue weighted by atomic mass is 10.0. The van der Waals surface area contributed by atoms with Gasteiger partial charge in [0.05, 0.1) is 6.54 Å². The zero-order chi connectivity index (χ0) is 12.7. The molecule has 2 N–H and O–H groups in total. The minimum absolute atomic E-state index is 0.00885. The Bertz CT molecular complexity index is 266. The van der Waals surface area contributed by atoms with E-state index in [0.29, 0.717) is 6.41 Å². The number of amides is 3. The Kier molecular flexibility index (Phi) is 6.14. The lowest BCUT2D eigenvalue weighted by Crippen LogP contribution is -2.50. The van der Waals surface area contributed by atoms with Gasteiger partial charge >= 0.3 is 0 Å². The standard InChI is InChI=1S/C10H19N3O3/c1-7(2)9(10(16)11-3)12-8(15)5-13(4)6-14/h6-7,9H,5H2,1-4H3,(H,11,16)(H,12,15)/t9-/m0/s1. The molecule has 3 amide bonds. The summed E-state index contributed by atoms with van der Waals surface area (Å²) in [5.41, 5.74) is 0. The van der Waals surface area contributed by atoms with Crippen LogP contribution >= 0.6 is 0 Å². The first-order valence-corrected chi connectivity index (χ1v) is 5.08. The normalized spacial score (nSPS) is 11.8. The van der Waals surface area contributed by atoms with Crippen LogP contribution in [0.2, 0.25) is 0 Å². The van der Waals surface area contributed by atoms with Crippen LogP contribution in [-0.2, 0) is 14.4 Å². The fraction of sp³-hybridized carbons (Fsp3) is 0.700. The highest BCUT2D eigenvalue weighted by Gasteiger charge is 2.23. The van der Waals surface area contributed by atoms with Crippen molar-refractivity contribution in [1.82, 2.24) is 15.5 Å². The van der Waals surface area contributed by atoms with Crippen LogP contribution in [0.25, 0.3) is 0 Å². The average Bonchev–Trinajstić information content (AvgIpc) is 2.24. The van der Waals surface area contributed by atoms with Gasteiger partial charge in [-0.05, 0) is 5.92 Å². The van der Waals surface area contributed by atoms with Gasteiger partial charge in [-0.2, -0.15) is 0 Å². The largest absolute Gasteiger partial charge is 0.357 e. The molecule has 0 rings (SSSR count). The maximum atomic E-state index is 11.5. The quantitative estimate of drug-likeness (QED) is 0.571. The van der Waals surface area contributed by atoms with Gasteiger partial charge in [0, 0.05) is 14.1 Å². The van der Waals surface area contributed by atoms with E-state index in [2.05, 4.69) is 10.6 Å². The Balaban J connectivity index is 4.35. The van der Waals surface area contributed by atoms with E-state index in [1.807, 2.05) is 13.8 Å². The monoisotopic (exact) mass is 229 g/mol. The second-order valence-electron chi connectivity index (χ2n) is 3.92. The molecule has 0 bridgehead atoms. The van der Waals surface area contributed by atoms with E-state index >= 15 is 0 Å². The molecule has 0 unspecified atom stereocenters. The average molecular weight is 229 g/mol. The Morgan fingerprint density at radius 2 is 1.94 bits per heavy atom. The highest BCUT2D eigenvalue weighted by atomic mass is 16.2. The van der Waals surface area contributed by atoms with Gasteiger partial charge in [0.2, 0.25) is 18.2 Å². The van der Waals surface area contributed by atoms with Crippen molar-refractivity contribution in [2.24, 2.45) is 5.92 Å². The van der Waals surface area contributed by atoms with Crippen molar-refractivity contribution in [2.45, 2.75) is 19.9 Å². The minimum Gasteiger partial charge on any atom is -0.357 e. The fourth-order valence-electron chi connectivity index (χ4n) is 1.17. The van der Waals surface area contributed by atoms with Gasteiger partial charge in [-0.15, -0.1) is 0 Å². The number of carbonyl (C=O) groups excluding carboxylic acids is 3. The lowest BCUT2D eigenvalue weighted by Gasteiger charge is -2.21. The highest BCUT2D eigenvalue weighted by Crippen LogP contribution is 2.01. The molecule has 0 aromatic heterocycles. The Labute approximate surface area is 95.4 Å². The molecule has 0 aliphatic heterocycles. The molecular weight excluding hydrogens is 210 g/mol. The summed E-state index contributed by atoms with van der Waals surface area (Å²) in [7, 11) is 3.01. The van der Waals surface area contributed by atoms with E-state index in [9.17, 15) is 14.4 Å². The van der Waals surface area contributed by atoms with E-state index in [1.165, 1.54) is 19.0 Å². The molecule has 16 heavy (non-hydrogen) atoms. The molecule has 0 saturated heterocycles. The van der Waals surface area contributed by atoms with Crippen molar-refractivity contribution in [1.29, 1.82) is 0 Å². The van der Waals surface area contributed by atoms with Crippen molar-refractivity contribution >= 4 is 18.2 Å². The van der Waals surface area contributed by atoms with Crippen molar-refractivity contribution in [3.05, 3.63) is 0 Å². The van der Waals surface area contributed by atoms with E-state index in [0.717, 1.165) is 0 Å². The number of hydrogen-bond acceptors (Lipinski definition) is 3. The van der Waals surface area contributed by atoms with Gasteiger partial charge in [0.25, 0.3) is 0 Å². The number of hydrogen-bond donors (Lipinski definition) is 2. The molecule has 0 aliphatic carbocycles.